The van der Waals surface area contributed by atoms with Crippen LogP contribution in [0.1, 0.15) is 46.0 Å². The molecule has 0 aliphatic carbocycles. The van der Waals surface area contributed by atoms with E-state index in [1.165, 1.54) is 4.57 Å². The summed E-state index contributed by atoms with van der Waals surface area (Å²) in [5.74, 6) is 0.847. The van der Waals surface area contributed by atoms with Crippen LogP contribution < -0.4 is 24.2 Å². The summed E-state index contributed by atoms with van der Waals surface area (Å²) in [7, 11) is 0. The number of carbonyl (C=O) groups is 1. The zero-order valence-electron chi connectivity index (χ0n) is 21.4. The molecule has 0 unspecified atom stereocenters. The minimum absolute atomic E-state index is 0.0680. The summed E-state index contributed by atoms with van der Waals surface area (Å²) in [6.07, 6.45) is 3.67. The zero-order chi connectivity index (χ0) is 26.8. The van der Waals surface area contributed by atoms with Crippen LogP contribution in [0.4, 0.5) is 0 Å². The Morgan fingerprint density at radius 3 is 2.55 bits per heavy atom. The molecular weight excluding hydrogens is 496 g/mol. The number of aromatic nitrogens is 1. The van der Waals surface area contributed by atoms with Gasteiger partial charge in [-0.2, -0.15) is 5.26 Å². The Morgan fingerprint density at radius 2 is 1.82 bits per heavy atom. The molecule has 4 aromatic rings. The number of nitriles is 1. The first kappa shape index (κ1) is 25.2. The lowest BCUT2D eigenvalue weighted by atomic mass is 10.0. The first-order chi connectivity index (χ1) is 18.4. The minimum Gasteiger partial charge on any atom is -0.454 e. The van der Waals surface area contributed by atoms with E-state index in [4.69, 9.17) is 9.47 Å². The Balaban J connectivity index is 1.76. The lowest BCUT2D eigenvalue weighted by molar-refractivity contribution is 0.105. The summed E-state index contributed by atoms with van der Waals surface area (Å²) >= 11 is 1.13. The summed E-state index contributed by atoms with van der Waals surface area (Å²) in [6.45, 7) is 6.10. The molecule has 0 spiro atoms. The van der Waals surface area contributed by atoms with E-state index in [0.717, 1.165) is 46.4 Å². The molecule has 7 heteroatoms. The van der Waals surface area contributed by atoms with Crippen LogP contribution in [-0.4, -0.2) is 17.1 Å². The molecule has 1 aromatic heterocycles. The average molecular weight is 523 g/mol. The maximum atomic E-state index is 13.8. The van der Waals surface area contributed by atoms with Crippen LogP contribution in [0.15, 0.2) is 65.5 Å². The standard InChI is InChI=1S/C31H26N2O4S/c1-4-5-21-8-11-23(12-9-21)29(34)24(17-32)31-33(25-14-19(2)6-7-20(25)3)30(35)28(38-31)16-22-10-13-26-27(15-22)37-18-36-26/h6-16H,4-5,18H2,1-3H3/b28-16+,31-24-. The van der Waals surface area contributed by atoms with E-state index < -0.39 is 5.78 Å². The molecule has 2 heterocycles. The first-order valence-corrected chi connectivity index (χ1v) is 13.2. The van der Waals surface area contributed by atoms with Gasteiger partial charge in [0, 0.05) is 5.56 Å². The summed E-state index contributed by atoms with van der Waals surface area (Å²) in [5.41, 5.74) is 4.40. The molecule has 3 aromatic carbocycles. The largest absolute Gasteiger partial charge is 0.454 e. The number of hydrogen-bond acceptors (Lipinski definition) is 6. The summed E-state index contributed by atoms with van der Waals surface area (Å²) in [6, 6.07) is 20.7. The van der Waals surface area contributed by atoms with Crippen LogP contribution in [0.3, 0.4) is 0 Å². The van der Waals surface area contributed by atoms with Crippen molar-refractivity contribution in [1.82, 2.24) is 4.57 Å². The molecule has 0 amide bonds. The summed E-state index contributed by atoms with van der Waals surface area (Å²) in [4.78, 5) is 27.4. The van der Waals surface area contributed by atoms with E-state index in [2.05, 4.69) is 13.0 Å². The van der Waals surface area contributed by atoms with Gasteiger partial charge < -0.3 is 9.47 Å². The van der Waals surface area contributed by atoms with Crippen molar-refractivity contribution in [2.45, 2.75) is 33.6 Å². The molecular formula is C31H26N2O4S. The molecule has 0 saturated heterocycles. The molecule has 38 heavy (non-hydrogen) atoms. The number of carbonyl (C=O) groups excluding carboxylic acids is 1. The second-order valence-electron chi connectivity index (χ2n) is 9.22. The van der Waals surface area contributed by atoms with E-state index in [0.29, 0.717) is 31.9 Å². The molecule has 0 atom stereocenters. The van der Waals surface area contributed by atoms with Gasteiger partial charge in [0.25, 0.3) is 5.56 Å². The van der Waals surface area contributed by atoms with Crippen molar-refractivity contribution < 1.29 is 14.3 Å². The topological polar surface area (TPSA) is 81.3 Å². The molecule has 1 aliphatic heterocycles. The van der Waals surface area contributed by atoms with Crippen molar-refractivity contribution in [3.8, 4) is 23.3 Å². The number of rotatable bonds is 6. The number of nitrogens with zero attached hydrogens (tertiary/aromatic N) is 2. The third kappa shape index (κ3) is 4.79. The molecule has 190 valence electrons. The van der Waals surface area contributed by atoms with E-state index in [-0.39, 0.29) is 17.9 Å². The van der Waals surface area contributed by atoms with E-state index in [1.54, 1.807) is 30.3 Å². The van der Waals surface area contributed by atoms with Crippen molar-refractivity contribution >= 4 is 28.8 Å². The lowest BCUT2D eigenvalue weighted by Crippen LogP contribution is -2.32. The summed E-state index contributed by atoms with van der Waals surface area (Å²) in [5, 5.41) is 10.2. The lowest BCUT2D eigenvalue weighted by Gasteiger charge is -2.09. The average Bonchev–Trinajstić information content (AvgIpc) is 3.51. The van der Waals surface area contributed by atoms with E-state index >= 15 is 0 Å². The molecule has 6 nitrogen and oxygen atoms in total. The maximum absolute atomic E-state index is 13.8. The maximum Gasteiger partial charge on any atom is 0.273 e. The Bertz CT molecular complexity index is 1770. The first-order valence-electron chi connectivity index (χ1n) is 12.4. The minimum atomic E-state index is -0.412. The van der Waals surface area contributed by atoms with Crippen molar-refractivity contribution in [3.05, 3.63) is 108 Å². The number of ether oxygens (including phenoxy) is 2. The monoisotopic (exact) mass is 522 g/mol. The molecule has 0 N–H and O–H groups in total. The molecule has 5 rings (SSSR count). The van der Waals surface area contributed by atoms with Crippen LogP contribution in [-0.2, 0) is 6.42 Å². The Hall–Kier alpha value is -4.41. The van der Waals surface area contributed by atoms with Gasteiger partial charge in [0.2, 0.25) is 12.6 Å². The fourth-order valence-corrected chi connectivity index (χ4v) is 5.53. The quantitative estimate of drug-likeness (QED) is 0.346. The number of Topliss-reactive ketones (excluding diaryl/α,β-unsaturated/α-hetero) is 1. The van der Waals surface area contributed by atoms with Crippen LogP contribution in [0.2, 0.25) is 0 Å². The smallest absolute Gasteiger partial charge is 0.273 e. The number of fused-ring (bicyclic) bond motifs is 1. The van der Waals surface area contributed by atoms with E-state index in [9.17, 15) is 14.9 Å². The highest BCUT2D eigenvalue weighted by atomic mass is 32.1. The van der Waals surface area contributed by atoms with Gasteiger partial charge >= 0.3 is 0 Å². The number of aryl methyl sites for hydroxylation is 3. The predicted molar refractivity (Wildman–Crippen MR) is 149 cm³/mol. The van der Waals surface area contributed by atoms with Gasteiger partial charge in [-0.25, -0.2) is 0 Å². The van der Waals surface area contributed by atoms with Gasteiger partial charge in [0.15, 0.2) is 11.5 Å². The van der Waals surface area contributed by atoms with Crippen LogP contribution in [0.25, 0.3) is 17.3 Å². The number of ketones is 1. The van der Waals surface area contributed by atoms with Crippen molar-refractivity contribution in [3.63, 3.8) is 0 Å². The number of hydrogen-bond donors (Lipinski definition) is 0. The fourth-order valence-electron chi connectivity index (χ4n) is 4.43. The summed E-state index contributed by atoms with van der Waals surface area (Å²) < 4.78 is 13.1. The van der Waals surface area contributed by atoms with Crippen LogP contribution in [0.5, 0.6) is 11.5 Å². The highest BCUT2D eigenvalue weighted by Gasteiger charge is 2.20. The predicted octanol–water partition coefficient (Wildman–Crippen LogP) is 4.58. The third-order valence-electron chi connectivity index (χ3n) is 6.43. The molecule has 1 aliphatic rings. The molecule has 0 bridgehead atoms. The third-order valence-corrected chi connectivity index (χ3v) is 7.52. The second kappa shape index (κ2) is 10.5. The molecule has 0 fully saturated rings. The van der Waals surface area contributed by atoms with Gasteiger partial charge in [0.05, 0.1) is 10.2 Å². The van der Waals surface area contributed by atoms with Gasteiger partial charge in [-0.15, -0.1) is 11.3 Å². The van der Waals surface area contributed by atoms with Crippen LogP contribution in [0, 0.1) is 25.2 Å². The fraction of sp³-hybridized carbons (Fsp3) is 0.194. The number of thiazole rings is 1. The van der Waals surface area contributed by atoms with Crippen molar-refractivity contribution in [2.24, 2.45) is 0 Å². The highest BCUT2D eigenvalue weighted by Crippen LogP contribution is 2.32. The number of benzene rings is 3. The normalized spacial score (nSPS) is 13.4. The SMILES string of the molecule is CCCc1ccc(C(=O)/C(C#N)=c2\s/c(=C/c3ccc4c(c3)OCO4)c(=O)n2-c2cc(C)ccc2C)cc1. The van der Waals surface area contributed by atoms with Crippen molar-refractivity contribution in [2.75, 3.05) is 6.79 Å². The molecule has 0 radical (unpaired) electrons. The Labute approximate surface area is 224 Å². The van der Waals surface area contributed by atoms with Crippen LogP contribution >= 0.6 is 11.3 Å². The second-order valence-corrected chi connectivity index (χ2v) is 10.3. The van der Waals surface area contributed by atoms with Gasteiger partial charge in [-0.3, -0.25) is 14.2 Å². The van der Waals surface area contributed by atoms with Crippen molar-refractivity contribution in [1.29, 1.82) is 5.26 Å². The molecule has 0 saturated carbocycles. The Kier molecular flexibility index (Phi) is 6.99. The van der Waals surface area contributed by atoms with Gasteiger partial charge in [-0.05, 0) is 66.8 Å². The van der Waals surface area contributed by atoms with Gasteiger partial charge in [-0.1, -0.05) is 55.8 Å². The van der Waals surface area contributed by atoms with Gasteiger partial charge in [0.1, 0.15) is 16.3 Å². The van der Waals surface area contributed by atoms with E-state index in [1.807, 2.05) is 50.2 Å². The highest BCUT2D eigenvalue weighted by molar-refractivity contribution is 7.07. The zero-order valence-corrected chi connectivity index (χ0v) is 22.2. The Morgan fingerprint density at radius 1 is 1.05 bits per heavy atom.